The number of ether oxygens (including phenoxy) is 1. The topological polar surface area (TPSA) is 38.3 Å². The summed E-state index contributed by atoms with van der Waals surface area (Å²) < 4.78 is 5.37. The van der Waals surface area contributed by atoms with Gasteiger partial charge in [-0.3, -0.25) is 4.79 Å². The molecule has 0 radical (unpaired) electrons. The number of hydrogen-bond acceptors (Lipinski definition) is 2. The van der Waals surface area contributed by atoms with E-state index in [9.17, 15) is 4.79 Å². The van der Waals surface area contributed by atoms with Gasteiger partial charge in [0.25, 0.3) is 0 Å². The zero-order valence-corrected chi connectivity index (χ0v) is 10.3. The van der Waals surface area contributed by atoms with Crippen LogP contribution in [0.15, 0.2) is 0 Å². The highest BCUT2D eigenvalue weighted by molar-refractivity contribution is 5.85. The maximum Gasteiger partial charge on any atom is 0.226 e. The van der Waals surface area contributed by atoms with Crippen LogP contribution in [-0.2, 0) is 9.53 Å². The predicted octanol–water partition coefficient (Wildman–Crippen LogP) is 1.96. The molecule has 1 rings (SSSR count). The summed E-state index contributed by atoms with van der Waals surface area (Å²) in [6.45, 7) is 9.48. The number of rotatable bonds is 6. The normalized spacial score (nSPS) is 18.3. The van der Waals surface area contributed by atoms with Crippen LogP contribution >= 0.6 is 0 Å². The van der Waals surface area contributed by atoms with Crippen molar-refractivity contribution in [2.45, 2.75) is 46.6 Å². The van der Waals surface area contributed by atoms with E-state index >= 15 is 0 Å². The summed E-state index contributed by atoms with van der Waals surface area (Å²) in [7, 11) is 0. The van der Waals surface area contributed by atoms with E-state index in [-0.39, 0.29) is 17.4 Å². The highest BCUT2D eigenvalue weighted by Crippen LogP contribution is 2.51. The molecule has 3 heteroatoms. The van der Waals surface area contributed by atoms with Gasteiger partial charge in [-0.25, -0.2) is 0 Å². The minimum Gasteiger partial charge on any atom is -0.377 e. The summed E-state index contributed by atoms with van der Waals surface area (Å²) in [6.07, 6.45) is 2.32. The molecular formula is C12H23NO2. The summed E-state index contributed by atoms with van der Waals surface area (Å²) in [5, 5.41) is 2.96. The van der Waals surface area contributed by atoms with E-state index in [1.54, 1.807) is 0 Å². The highest BCUT2D eigenvalue weighted by Gasteiger charge is 2.51. The molecule has 0 atom stereocenters. The van der Waals surface area contributed by atoms with Gasteiger partial charge in [-0.1, -0.05) is 13.8 Å². The molecule has 0 heterocycles. The standard InChI is InChI=1S/C12H23NO2/c1-9(2)12(5-6-12)11(14)13-7-8-15-10(3)4/h9-10H,5-8H2,1-4H3,(H,13,14). The first-order chi connectivity index (χ1) is 6.99. The average Bonchev–Trinajstić information content (AvgIpc) is 2.92. The van der Waals surface area contributed by atoms with Crippen LogP contribution in [0.4, 0.5) is 0 Å². The first-order valence-electron chi connectivity index (χ1n) is 5.89. The van der Waals surface area contributed by atoms with E-state index in [1.807, 2.05) is 13.8 Å². The summed E-state index contributed by atoms with van der Waals surface area (Å²) in [4.78, 5) is 11.8. The van der Waals surface area contributed by atoms with Gasteiger partial charge in [-0.05, 0) is 32.6 Å². The quantitative estimate of drug-likeness (QED) is 0.685. The van der Waals surface area contributed by atoms with Crippen LogP contribution in [-0.4, -0.2) is 25.2 Å². The van der Waals surface area contributed by atoms with Crippen molar-refractivity contribution >= 4 is 5.91 Å². The van der Waals surface area contributed by atoms with E-state index in [0.29, 0.717) is 19.1 Å². The molecule has 15 heavy (non-hydrogen) atoms. The fraction of sp³-hybridized carbons (Fsp3) is 0.917. The number of nitrogens with one attached hydrogen (secondary N) is 1. The molecule has 0 bridgehead atoms. The minimum atomic E-state index is -0.0577. The molecule has 0 aromatic heterocycles. The molecule has 1 saturated carbocycles. The Balaban J connectivity index is 2.20. The molecule has 0 aromatic rings. The van der Waals surface area contributed by atoms with Crippen LogP contribution in [0.5, 0.6) is 0 Å². The Labute approximate surface area is 92.6 Å². The predicted molar refractivity (Wildman–Crippen MR) is 60.6 cm³/mol. The average molecular weight is 213 g/mol. The molecule has 0 unspecified atom stereocenters. The van der Waals surface area contributed by atoms with Crippen LogP contribution in [0.2, 0.25) is 0 Å². The van der Waals surface area contributed by atoms with Gasteiger partial charge in [-0.15, -0.1) is 0 Å². The Kier molecular flexibility index (Phi) is 4.14. The van der Waals surface area contributed by atoms with Crippen molar-refractivity contribution in [1.82, 2.24) is 5.32 Å². The Morgan fingerprint density at radius 1 is 1.33 bits per heavy atom. The van der Waals surface area contributed by atoms with E-state index in [1.165, 1.54) is 0 Å². The summed E-state index contributed by atoms with van der Waals surface area (Å²) in [5.74, 6) is 0.661. The van der Waals surface area contributed by atoms with Crippen LogP contribution in [0.25, 0.3) is 0 Å². The fourth-order valence-corrected chi connectivity index (χ4v) is 1.84. The molecule has 0 spiro atoms. The monoisotopic (exact) mass is 213 g/mol. The van der Waals surface area contributed by atoms with Crippen LogP contribution in [0.3, 0.4) is 0 Å². The van der Waals surface area contributed by atoms with E-state index in [4.69, 9.17) is 4.74 Å². The van der Waals surface area contributed by atoms with Gasteiger partial charge in [0.2, 0.25) is 5.91 Å². The number of carbonyl (C=O) groups excluding carboxylic acids is 1. The summed E-state index contributed by atoms with van der Waals surface area (Å²) in [5.41, 5.74) is -0.0577. The van der Waals surface area contributed by atoms with Crippen molar-refractivity contribution in [3.05, 3.63) is 0 Å². The van der Waals surface area contributed by atoms with Gasteiger partial charge in [0.15, 0.2) is 0 Å². The smallest absolute Gasteiger partial charge is 0.226 e. The Hall–Kier alpha value is -0.570. The molecule has 1 aliphatic carbocycles. The van der Waals surface area contributed by atoms with Crippen molar-refractivity contribution in [1.29, 1.82) is 0 Å². The zero-order valence-electron chi connectivity index (χ0n) is 10.3. The molecule has 0 saturated heterocycles. The van der Waals surface area contributed by atoms with E-state index in [2.05, 4.69) is 19.2 Å². The molecule has 0 aromatic carbocycles. The number of amides is 1. The van der Waals surface area contributed by atoms with Crippen LogP contribution < -0.4 is 5.32 Å². The van der Waals surface area contributed by atoms with Crippen molar-refractivity contribution in [2.24, 2.45) is 11.3 Å². The lowest BCUT2D eigenvalue weighted by atomic mass is 9.91. The maximum absolute atomic E-state index is 11.8. The molecule has 1 N–H and O–H groups in total. The number of hydrogen-bond donors (Lipinski definition) is 1. The van der Waals surface area contributed by atoms with Gasteiger partial charge in [0.1, 0.15) is 0 Å². The maximum atomic E-state index is 11.8. The fourth-order valence-electron chi connectivity index (χ4n) is 1.84. The SMILES string of the molecule is CC(C)OCCNC(=O)C1(C(C)C)CC1. The van der Waals surface area contributed by atoms with Gasteiger partial charge < -0.3 is 10.1 Å². The Morgan fingerprint density at radius 2 is 1.93 bits per heavy atom. The van der Waals surface area contributed by atoms with Crippen LogP contribution in [0, 0.1) is 11.3 Å². The summed E-state index contributed by atoms with van der Waals surface area (Å²) in [6, 6.07) is 0. The molecule has 0 aliphatic heterocycles. The lowest BCUT2D eigenvalue weighted by molar-refractivity contribution is -0.128. The third-order valence-corrected chi connectivity index (χ3v) is 3.18. The van der Waals surface area contributed by atoms with Crippen molar-refractivity contribution in [2.75, 3.05) is 13.2 Å². The second-order valence-electron chi connectivity index (χ2n) is 4.99. The largest absolute Gasteiger partial charge is 0.377 e. The Morgan fingerprint density at radius 3 is 2.33 bits per heavy atom. The second kappa shape index (κ2) is 4.97. The first-order valence-corrected chi connectivity index (χ1v) is 5.89. The van der Waals surface area contributed by atoms with Crippen LogP contribution in [0.1, 0.15) is 40.5 Å². The molecule has 3 nitrogen and oxygen atoms in total. The third-order valence-electron chi connectivity index (χ3n) is 3.18. The van der Waals surface area contributed by atoms with E-state index in [0.717, 1.165) is 12.8 Å². The number of carbonyl (C=O) groups is 1. The lowest BCUT2D eigenvalue weighted by Crippen LogP contribution is -2.37. The second-order valence-corrected chi connectivity index (χ2v) is 4.99. The molecule has 1 amide bonds. The van der Waals surface area contributed by atoms with Gasteiger partial charge in [0, 0.05) is 6.54 Å². The molecular weight excluding hydrogens is 190 g/mol. The molecule has 1 aliphatic rings. The van der Waals surface area contributed by atoms with Crippen molar-refractivity contribution in [3.8, 4) is 0 Å². The third kappa shape index (κ3) is 3.20. The van der Waals surface area contributed by atoms with E-state index < -0.39 is 0 Å². The lowest BCUT2D eigenvalue weighted by Gasteiger charge is -2.19. The Bertz CT molecular complexity index is 220. The minimum absolute atomic E-state index is 0.0577. The first kappa shape index (κ1) is 12.5. The van der Waals surface area contributed by atoms with Gasteiger partial charge >= 0.3 is 0 Å². The van der Waals surface area contributed by atoms with Crippen molar-refractivity contribution in [3.63, 3.8) is 0 Å². The summed E-state index contributed by atoms with van der Waals surface area (Å²) >= 11 is 0. The highest BCUT2D eigenvalue weighted by atomic mass is 16.5. The molecule has 88 valence electrons. The molecule has 1 fully saturated rings. The van der Waals surface area contributed by atoms with Gasteiger partial charge in [0.05, 0.1) is 18.1 Å². The van der Waals surface area contributed by atoms with Crippen molar-refractivity contribution < 1.29 is 9.53 Å². The zero-order chi connectivity index (χ0) is 11.5. The van der Waals surface area contributed by atoms with Gasteiger partial charge in [-0.2, -0.15) is 0 Å².